The number of halogens is 3. The molecule has 21 heavy (non-hydrogen) atoms. The Balaban J connectivity index is 1.91. The van der Waals surface area contributed by atoms with E-state index in [1.807, 2.05) is 12.3 Å². The fourth-order valence-corrected chi connectivity index (χ4v) is 2.56. The van der Waals surface area contributed by atoms with Crippen molar-refractivity contribution in [1.82, 2.24) is 10.3 Å². The topological polar surface area (TPSA) is 34.1 Å². The van der Waals surface area contributed by atoms with Crippen molar-refractivity contribution < 1.29 is 17.9 Å². The molecule has 2 aromatic rings. The van der Waals surface area contributed by atoms with Crippen LogP contribution in [0, 0.1) is 0 Å². The van der Waals surface area contributed by atoms with Crippen LogP contribution in [0.2, 0.25) is 0 Å². The van der Waals surface area contributed by atoms with Crippen molar-refractivity contribution in [1.29, 1.82) is 0 Å². The van der Waals surface area contributed by atoms with Crippen LogP contribution in [0.1, 0.15) is 23.4 Å². The average Bonchev–Trinajstić information content (AvgIpc) is 2.93. The molecule has 0 saturated carbocycles. The molecule has 0 aliphatic carbocycles. The number of thiazole rings is 1. The predicted molar refractivity (Wildman–Crippen MR) is 75.4 cm³/mol. The van der Waals surface area contributed by atoms with Gasteiger partial charge in [-0.3, -0.25) is 0 Å². The Bertz CT molecular complexity index is 558. The Hall–Kier alpha value is -1.60. The first-order valence-electron chi connectivity index (χ1n) is 6.39. The van der Waals surface area contributed by atoms with E-state index in [0.29, 0.717) is 18.7 Å². The molecule has 0 radical (unpaired) electrons. The van der Waals surface area contributed by atoms with Gasteiger partial charge in [0.2, 0.25) is 0 Å². The zero-order valence-electron chi connectivity index (χ0n) is 11.4. The van der Waals surface area contributed by atoms with Crippen LogP contribution >= 0.6 is 11.3 Å². The molecule has 3 nitrogen and oxygen atoms in total. The molecule has 114 valence electrons. The van der Waals surface area contributed by atoms with Crippen molar-refractivity contribution in [3.05, 3.63) is 46.4 Å². The van der Waals surface area contributed by atoms with Crippen LogP contribution in [-0.4, -0.2) is 17.9 Å². The fraction of sp³-hybridized carbons (Fsp3) is 0.357. The van der Waals surface area contributed by atoms with Crippen LogP contribution in [0.4, 0.5) is 13.2 Å². The van der Waals surface area contributed by atoms with Gasteiger partial charge in [-0.05, 0) is 6.07 Å². The summed E-state index contributed by atoms with van der Waals surface area (Å²) in [5.74, 6) is 0.0418. The van der Waals surface area contributed by atoms with E-state index < -0.39 is 6.36 Å². The molecule has 0 saturated heterocycles. The van der Waals surface area contributed by atoms with E-state index in [4.69, 9.17) is 0 Å². The summed E-state index contributed by atoms with van der Waals surface area (Å²) in [5, 5.41) is 6.04. The number of hydrogen-bond donors (Lipinski definition) is 1. The molecule has 0 aliphatic rings. The zero-order chi connectivity index (χ0) is 15.3. The summed E-state index contributed by atoms with van der Waals surface area (Å²) in [5.41, 5.74) is 0.473. The van der Waals surface area contributed by atoms with Gasteiger partial charge in [0.1, 0.15) is 5.75 Å². The number of ether oxygens (including phenoxy) is 1. The molecule has 0 bridgehead atoms. The first-order chi connectivity index (χ1) is 9.96. The molecule has 1 aromatic heterocycles. The monoisotopic (exact) mass is 316 g/mol. The molecule has 0 amide bonds. The molecule has 1 aromatic carbocycles. The van der Waals surface area contributed by atoms with Crippen molar-refractivity contribution in [2.75, 3.05) is 6.54 Å². The summed E-state index contributed by atoms with van der Waals surface area (Å²) < 4.78 is 40.9. The van der Waals surface area contributed by atoms with Crippen LogP contribution in [0.25, 0.3) is 0 Å². The van der Waals surface area contributed by atoms with Crippen LogP contribution < -0.4 is 10.1 Å². The lowest BCUT2D eigenvalue weighted by Gasteiger charge is -2.14. The second-order valence-corrected chi connectivity index (χ2v) is 5.48. The molecule has 1 unspecified atom stereocenters. The molecular formula is C14H15F3N2OS. The number of hydrogen-bond acceptors (Lipinski definition) is 4. The summed E-state index contributed by atoms with van der Waals surface area (Å²) >= 11 is 1.56. The van der Waals surface area contributed by atoms with Gasteiger partial charge in [0.05, 0.1) is 5.01 Å². The maximum atomic E-state index is 12.3. The third-order valence-corrected chi connectivity index (χ3v) is 3.84. The molecular weight excluding hydrogens is 301 g/mol. The van der Waals surface area contributed by atoms with E-state index in [1.54, 1.807) is 29.7 Å². The summed E-state index contributed by atoms with van der Waals surface area (Å²) in [7, 11) is 0. The number of nitrogens with zero attached hydrogens (tertiary/aromatic N) is 1. The van der Waals surface area contributed by atoms with Crippen LogP contribution in [-0.2, 0) is 6.54 Å². The molecule has 1 atom stereocenters. The Morgan fingerprint density at radius 2 is 2.10 bits per heavy atom. The Kier molecular flexibility index (Phi) is 5.19. The minimum Gasteiger partial charge on any atom is -0.405 e. The molecule has 0 spiro atoms. The largest absolute Gasteiger partial charge is 0.573 e. The quantitative estimate of drug-likeness (QED) is 0.876. The van der Waals surface area contributed by atoms with Crippen molar-refractivity contribution in [3.63, 3.8) is 0 Å². The highest BCUT2D eigenvalue weighted by Crippen LogP contribution is 2.26. The number of nitrogens with one attached hydrogen (secondary N) is 1. The molecule has 0 fully saturated rings. The maximum Gasteiger partial charge on any atom is 0.573 e. The van der Waals surface area contributed by atoms with Crippen molar-refractivity contribution in [2.24, 2.45) is 0 Å². The first-order valence-corrected chi connectivity index (χ1v) is 7.27. The lowest BCUT2D eigenvalue weighted by atomic mass is 10.1. The van der Waals surface area contributed by atoms with Gasteiger partial charge in [0.25, 0.3) is 0 Å². The van der Waals surface area contributed by atoms with Gasteiger partial charge in [-0.15, -0.1) is 24.5 Å². The molecule has 2 rings (SSSR count). The lowest BCUT2D eigenvalue weighted by molar-refractivity contribution is -0.274. The van der Waals surface area contributed by atoms with Crippen molar-refractivity contribution in [2.45, 2.75) is 25.7 Å². The van der Waals surface area contributed by atoms with E-state index in [2.05, 4.69) is 15.0 Å². The summed E-state index contributed by atoms with van der Waals surface area (Å²) in [6.07, 6.45) is -2.94. The highest BCUT2D eigenvalue weighted by Gasteiger charge is 2.31. The zero-order valence-corrected chi connectivity index (χ0v) is 12.2. The summed E-state index contributed by atoms with van der Waals surface area (Å²) in [6, 6.07) is 6.13. The van der Waals surface area contributed by atoms with Crippen LogP contribution in [0.3, 0.4) is 0 Å². The third kappa shape index (κ3) is 5.02. The van der Waals surface area contributed by atoms with Crippen molar-refractivity contribution in [3.8, 4) is 5.75 Å². The Morgan fingerprint density at radius 3 is 2.76 bits per heavy atom. The number of benzene rings is 1. The smallest absolute Gasteiger partial charge is 0.405 e. The van der Waals surface area contributed by atoms with E-state index in [-0.39, 0.29) is 11.7 Å². The number of rotatable bonds is 6. The van der Waals surface area contributed by atoms with Gasteiger partial charge >= 0.3 is 6.36 Å². The summed E-state index contributed by atoms with van der Waals surface area (Å²) in [6.45, 7) is 2.96. The van der Waals surface area contributed by atoms with Crippen LogP contribution in [0.5, 0.6) is 5.75 Å². The second-order valence-electron chi connectivity index (χ2n) is 4.56. The molecule has 7 heteroatoms. The van der Waals surface area contributed by atoms with Crippen molar-refractivity contribution >= 4 is 11.3 Å². The van der Waals surface area contributed by atoms with Gasteiger partial charge in [0.15, 0.2) is 0 Å². The molecule has 1 N–H and O–H groups in total. The SMILES string of the molecule is CC(CNCc1ccccc1OC(F)(F)F)c1nccs1. The molecule has 1 heterocycles. The average molecular weight is 316 g/mol. The van der Waals surface area contributed by atoms with Gasteiger partial charge in [-0.1, -0.05) is 25.1 Å². The standard InChI is InChI=1S/C14H15F3N2OS/c1-10(13-19-6-7-21-13)8-18-9-11-4-2-3-5-12(11)20-14(15,16)17/h2-7,10,18H,8-9H2,1H3. The second kappa shape index (κ2) is 6.91. The highest BCUT2D eigenvalue weighted by atomic mass is 32.1. The van der Waals surface area contributed by atoms with E-state index in [0.717, 1.165) is 5.01 Å². The van der Waals surface area contributed by atoms with Gasteiger partial charge in [-0.25, -0.2) is 4.98 Å². The summed E-state index contributed by atoms with van der Waals surface area (Å²) in [4.78, 5) is 4.21. The first kappa shape index (κ1) is 15.8. The van der Waals surface area contributed by atoms with E-state index in [9.17, 15) is 13.2 Å². The predicted octanol–water partition coefficient (Wildman–Crippen LogP) is 3.94. The van der Waals surface area contributed by atoms with Crippen LogP contribution in [0.15, 0.2) is 35.8 Å². The number of aromatic nitrogens is 1. The number of alkyl halides is 3. The third-order valence-electron chi connectivity index (χ3n) is 2.84. The normalized spacial score (nSPS) is 13.1. The van der Waals surface area contributed by atoms with E-state index >= 15 is 0 Å². The minimum atomic E-state index is -4.68. The Labute approximate surface area is 124 Å². The number of para-hydroxylation sites is 1. The fourth-order valence-electron chi connectivity index (χ4n) is 1.86. The minimum absolute atomic E-state index is 0.167. The van der Waals surface area contributed by atoms with E-state index in [1.165, 1.54) is 12.1 Å². The lowest BCUT2D eigenvalue weighted by Crippen LogP contribution is -2.22. The maximum absolute atomic E-state index is 12.3. The molecule has 0 aliphatic heterocycles. The van der Waals surface area contributed by atoms with Gasteiger partial charge < -0.3 is 10.1 Å². The van der Waals surface area contributed by atoms with Gasteiger partial charge in [0, 0.05) is 36.1 Å². The highest BCUT2D eigenvalue weighted by molar-refractivity contribution is 7.09. The van der Waals surface area contributed by atoms with Gasteiger partial charge in [-0.2, -0.15) is 0 Å². The Morgan fingerprint density at radius 1 is 1.33 bits per heavy atom.